The molecule has 1 aliphatic heterocycles. The number of hydrogen-bond acceptors (Lipinski definition) is 7. The van der Waals surface area contributed by atoms with Crippen LogP contribution in [0.15, 0.2) is 30.6 Å². The van der Waals surface area contributed by atoms with Crippen molar-refractivity contribution in [3.05, 3.63) is 35.6 Å². The zero-order valence-electron chi connectivity index (χ0n) is 16.3. The van der Waals surface area contributed by atoms with Gasteiger partial charge in [0.2, 0.25) is 0 Å². The van der Waals surface area contributed by atoms with E-state index in [4.69, 9.17) is 16.3 Å². The third-order valence-electron chi connectivity index (χ3n) is 5.16. The van der Waals surface area contributed by atoms with Gasteiger partial charge in [-0.1, -0.05) is 11.6 Å². The first-order chi connectivity index (χ1) is 14.8. The molecule has 1 atom stereocenters. The zero-order chi connectivity index (χ0) is 21.8. The highest BCUT2D eigenvalue weighted by atomic mass is 35.5. The quantitative estimate of drug-likeness (QED) is 0.479. The lowest BCUT2D eigenvalue weighted by Crippen LogP contribution is -2.37. The zero-order valence-corrected chi connectivity index (χ0v) is 17.9. The number of aromatic amines is 1. The summed E-state index contributed by atoms with van der Waals surface area (Å²) in [6.07, 6.45) is 2.69. The number of carbonyl (C=O) groups excluding carboxylic acids is 1. The highest BCUT2D eigenvalue weighted by Gasteiger charge is 2.29. The van der Waals surface area contributed by atoms with Crippen LogP contribution >= 0.6 is 11.6 Å². The van der Waals surface area contributed by atoms with Gasteiger partial charge in [-0.05, 0) is 24.6 Å². The number of benzene rings is 1. The topological polar surface area (TPSA) is 132 Å². The van der Waals surface area contributed by atoms with Gasteiger partial charge in [0.1, 0.15) is 11.4 Å². The monoisotopic (exact) mass is 460 g/mol. The number of hydrogen-bond donors (Lipinski definition) is 2. The van der Waals surface area contributed by atoms with Crippen molar-refractivity contribution < 1.29 is 17.9 Å². The number of sulfone groups is 1. The summed E-state index contributed by atoms with van der Waals surface area (Å²) in [5.41, 5.74) is 2.78. The highest BCUT2D eigenvalue weighted by molar-refractivity contribution is 7.91. The summed E-state index contributed by atoms with van der Waals surface area (Å²) < 4.78 is 30.2. The number of halogens is 1. The van der Waals surface area contributed by atoms with Gasteiger partial charge in [0.05, 0.1) is 23.2 Å². The molecule has 5 rings (SSSR count). The molecule has 0 saturated carbocycles. The van der Waals surface area contributed by atoms with E-state index >= 15 is 0 Å². The highest BCUT2D eigenvalue weighted by Crippen LogP contribution is 2.30. The standard InChI is InChI=1S/C19H17ClN6O4S/c1-26-14-6-10(20)2-3-12(14)16(25-26)13-7-21-18-17(24-13)15(8-22-18)30-19(27)23-11-4-5-31(28,29)9-11/h2-3,6-8,11H,4-5,9H2,1H3,(H,21,22)(H,23,27). The lowest BCUT2D eigenvalue weighted by atomic mass is 10.2. The summed E-state index contributed by atoms with van der Waals surface area (Å²) >= 11 is 6.09. The first-order valence-corrected chi connectivity index (χ1v) is 11.6. The van der Waals surface area contributed by atoms with Crippen LogP contribution in [0.2, 0.25) is 5.02 Å². The van der Waals surface area contributed by atoms with Crippen molar-refractivity contribution in [2.75, 3.05) is 11.5 Å². The van der Waals surface area contributed by atoms with Crippen LogP contribution in [0.25, 0.3) is 33.5 Å². The molecule has 4 heterocycles. The fourth-order valence-corrected chi connectivity index (χ4v) is 5.52. The van der Waals surface area contributed by atoms with Gasteiger partial charge in [-0.3, -0.25) is 4.68 Å². The van der Waals surface area contributed by atoms with Gasteiger partial charge in [-0.25, -0.2) is 23.2 Å². The number of nitrogens with zero attached hydrogens (tertiary/aromatic N) is 4. The van der Waals surface area contributed by atoms with Crippen LogP contribution in [0.4, 0.5) is 4.79 Å². The van der Waals surface area contributed by atoms with Crippen molar-refractivity contribution in [1.82, 2.24) is 30.0 Å². The third kappa shape index (κ3) is 3.70. The molecule has 0 aliphatic carbocycles. The molecule has 0 spiro atoms. The van der Waals surface area contributed by atoms with E-state index in [2.05, 4.69) is 25.4 Å². The van der Waals surface area contributed by atoms with Crippen molar-refractivity contribution in [3.63, 3.8) is 0 Å². The van der Waals surface area contributed by atoms with Crippen LogP contribution in [-0.2, 0) is 16.9 Å². The van der Waals surface area contributed by atoms with E-state index in [1.165, 1.54) is 6.20 Å². The van der Waals surface area contributed by atoms with Crippen molar-refractivity contribution in [2.45, 2.75) is 12.5 Å². The Morgan fingerprint density at radius 1 is 1.39 bits per heavy atom. The number of aryl methyl sites for hydroxylation is 1. The smallest absolute Gasteiger partial charge is 0.406 e. The molecule has 12 heteroatoms. The molecule has 4 aromatic rings. The van der Waals surface area contributed by atoms with Gasteiger partial charge >= 0.3 is 6.09 Å². The summed E-state index contributed by atoms with van der Waals surface area (Å²) in [7, 11) is -1.30. The van der Waals surface area contributed by atoms with E-state index in [0.29, 0.717) is 34.0 Å². The molecule has 1 saturated heterocycles. The van der Waals surface area contributed by atoms with Crippen LogP contribution in [-0.4, -0.2) is 56.8 Å². The number of aromatic nitrogens is 5. The first-order valence-electron chi connectivity index (χ1n) is 9.44. The van der Waals surface area contributed by atoms with Gasteiger partial charge in [0.25, 0.3) is 0 Å². The summed E-state index contributed by atoms with van der Waals surface area (Å²) in [4.78, 5) is 24.1. The molecule has 1 aliphatic rings. The van der Waals surface area contributed by atoms with Gasteiger partial charge in [-0.2, -0.15) is 5.10 Å². The Labute approximate surface area is 181 Å². The van der Waals surface area contributed by atoms with Crippen molar-refractivity contribution in [1.29, 1.82) is 0 Å². The fraction of sp³-hybridized carbons (Fsp3) is 0.263. The predicted molar refractivity (Wildman–Crippen MR) is 115 cm³/mol. The lowest BCUT2D eigenvalue weighted by Gasteiger charge is -2.10. The maximum atomic E-state index is 12.3. The van der Waals surface area contributed by atoms with Crippen LogP contribution in [0.1, 0.15) is 6.42 Å². The molecular formula is C19H17ClN6O4S. The molecule has 1 aromatic carbocycles. The van der Waals surface area contributed by atoms with Crippen LogP contribution in [0.5, 0.6) is 5.75 Å². The predicted octanol–water partition coefficient (Wildman–Crippen LogP) is 2.44. The molecule has 2 N–H and O–H groups in total. The molecule has 1 unspecified atom stereocenters. The average molecular weight is 461 g/mol. The molecular weight excluding hydrogens is 444 g/mol. The van der Waals surface area contributed by atoms with E-state index in [1.54, 1.807) is 16.9 Å². The Bertz CT molecular complexity index is 1440. The second-order valence-corrected chi connectivity index (χ2v) is 10.0. The largest absolute Gasteiger partial charge is 0.412 e. The number of nitrogens with one attached hydrogen (secondary N) is 2. The van der Waals surface area contributed by atoms with Gasteiger partial charge in [0, 0.05) is 29.7 Å². The van der Waals surface area contributed by atoms with Crippen LogP contribution in [0, 0.1) is 0 Å². The minimum absolute atomic E-state index is 0.0586. The lowest BCUT2D eigenvalue weighted by molar-refractivity contribution is 0.197. The van der Waals surface area contributed by atoms with E-state index < -0.39 is 22.0 Å². The summed E-state index contributed by atoms with van der Waals surface area (Å²) in [6.45, 7) is 0. The Hall–Kier alpha value is -3.18. The number of rotatable bonds is 3. The number of ether oxygens (including phenoxy) is 1. The molecule has 3 aromatic heterocycles. The summed E-state index contributed by atoms with van der Waals surface area (Å²) in [5, 5.41) is 8.58. The maximum absolute atomic E-state index is 12.3. The van der Waals surface area contributed by atoms with Crippen molar-refractivity contribution in [2.24, 2.45) is 7.05 Å². The Morgan fingerprint density at radius 2 is 2.23 bits per heavy atom. The van der Waals surface area contributed by atoms with Crippen LogP contribution < -0.4 is 10.1 Å². The summed E-state index contributed by atoms with van der Waals surface area (Å²) in [6, 6.07) is 5.00. The molecule has 1 amide bonds. The normalized spacial score (nSPS) is 17.9. The second kappa shape index (κ2) is 7.20. The van der Waals surface area contributed by atoms with Crippen molar-refractivity contribution in [3.8, 4) is 17.1 Å². The first kappa shape index (κ1) is 19.8. The molecule has 10 nitrogen and oxygen atoms in total. The maximum Gasteiger partial charge on any atom is 0.412 e. The number of amides is 1. The molecule has 1 fully saturated rings. The van der Waals surface area contributed by atoms with E-state index in [9.17, 15) is 13.2 Å². The summed E-state index contributed by atoms with van der Waals surface area (Å²) in [5.74, 6) is 0.158. The number of H-pyrrole nitrogens is 1. The van der Waals surface area contributed by atoms with Gasteiger partial charge in [-0.15, -0.1) is 0 Å². The minimum Gasteiger partial charge on any atom is -0.406 e. The van der Waals surface area contributed by atoms with Gasteiger partial charge < -0.3 is 15.0 Å². The molecule has 31 heavy (non-hydrogen) atoms. The number of carbonyl (C=O) groups is 1. The van der Waals surface area contributed by atoms with E-state index in [0.717, 1.165) is 10.9 Å². The second-order valence-electron chi connectivity index (χ2n) is 7.37. The van der Waals surface area contributed by atoms with Gasteiger partial charge in [0.15, 0.2) is 26.8 Å². The average Bonchev–Trinajstić information content (AvgIpc) is 3.37. The Morgan fingerprint density at radius 3 is 3.00 bits per heavy atom. The third-order valence-corrected chi connectivity index (χ3v) is 7.16. The molecule has 0 radical (unpaired) electrons. The number of fused-ring (bicyclic) bond motifs is 2. The Balaban J connectivity index is 1.45. The van der Waals surface area contributed by atoms with E-state index in [1.807, 2.05) is 19.2 Å². The molecule has 0 bridgehead atoms. The van der Waals surface area contributed by atoms with Crippen LogP contribution in [0.3, 0.4) is 0 Å². The van der Waals surface area contributed by atoms with E-state index in [-0.39, 0.29) is 17.3 Å². The van der Waals surface area contributed by atoms with Crippen molar-refractivity contribution >= 4 is 49.6 Å². The fourth-order valence-electron chi connectivity index (χ4n) is 3.69. The Kier molecular flexibility index (Phi) is 4.59. The SMILES string of the molecule is Cn1nc(-c2cnc3[nH]cc(OC(=O)NC4CCS(=O)(=O)C4)c3n2)c2ccc(Cl)cc21. The molecule has 160 valence electrons. The minimum atomic E-state index is -3.11.